The number of hydrogen-bond donors (Lipinski definition) is 2. The summed E-state index contributed by atoms with van der Waals surface area (Å²) in [6, 6.07) is 3.94. The lowest BCUT2D eigenvalue weighted by Crippen LogP contribution is -2.51. The van der Waals surface area contributed by atoms with E-state index in [9.17, 15) is 9.18 Å². The van der Waals surface area contributed by atoms with Crippen molar-refractivity contribution in [3.8, 4) is 5.75 Å². The maximum atomic E-state index is 13.4. The molecule has 0 aliphatic carbocycles. The third-order valence-corrected chi connectivity index (χ3v) is 5.76. The molecular weight excluding hydrogens is 448 g/mol. The number of amides is 1. The fourth-order valence-electron chi connectivity index (χ4n) is 3.52. The quantitative estimate of drug-likeness (QED) is 0.668. The van der Waals surface area contributed by atoms with E-state index >= 15 is 0 Å². The fraction of sp³-hybridized carbons (Fsp3) is 0.450. The molecule has 8 nitrogen and oxygen atoms in total. The van der Waals surface area contributed by atoms with Crippen LogP contribution in [-0.4, -0.2) is 61.1 Å². The van der Waals surface area contributed by atoms with Gasteiger partial charge >= 0.3 is 0 Å². The normalized spacial score (nSPS) is 24.1. The average molecular weight is 470 g/mol. The van der Waals surface area contributed by atoms with Crippen molar-refractivity contribution < 1.29 is 18.7 Å². The van der Waals surface area contributed by atoms with Crippen molar-refractivity contribution in [1.82, 2.24) is 15.6 Å². The van der Waals surface area contributed by atoms with Crippen LogP contribution in [0.1, 0.15) is 19.3 Å². The Kier molecular flexibility index (Phi) is 6.94. The molecular formula is C20H22Cl2FN5O3. The van der Waals surface area contributed by atoms with Crippen LogP contribution in [0, 0.1) is 5.82 Å². The van der Waals surface area contributed by atoms with E-state index < -0.39 is 5.82 Å². The number of aliphatic imine (C=N–C) groups is 1. The van der Waals surface area contributed by atoms with Crippen LogP contribution in [0.15, 0.2) is 39.4 Å². The molecule has 2 unspecified atom stereocenters. The van der Waals surface area contributed by atoms with Gasteiger partial charge < -0.3 is 14.8 Å². The standard InChI is InChI=1S/C20H22Cl2FN5O3/c21-12-1-4-17(24-10-12)19-26-27-20(31-19)28-7-5-13(6-8-28)25-18(29)11-30-14-2-3-15(22)16(23)9-14/h1-3,9-10,13,17,20,27H,4-8,11H2,(H,25,29). The van der Waals surface area contributed by atoms with Gasteiger partial charge in [0.15, 0.2) is 6.61 Å². The van der Waals surface area contributed by atoms with Crippen molar-refractivity contribution in [2.24, 2.45) is 10.1 Å². The van der Waals surface area contributed by atoms with Crippen LogP contribution in [0.25, 0.3) is 0 Å². The Hall–Kier alpha value is -2.36. The summed E-state index contributed by atoms with van der Waals surface area (Å²) in [6.45, 7) is 1.27. The maximum Gasteiger partial charge on any atom is 0.258 e. The molecule has 1 aromatic carbocycles. The van der Waals surface area contributed by atoms with E-state index in [-0.39, 0.29) is 41.7 Å². The number of allylic oxidation sites excluding steroid dienone is 1. The predicted molar refractivity (Wildman–Crippen MR) is 116 cm³/mol. The summed E-state index contributed by atoms with van der Waals surface area (Å²) in [7, 11) is 0. The molecule has 0 spiro atoms. The lowest BCUT2D eigenvalue weighted by atomic mass is 10.1. The number of hydrazone groups is 1. The predicted octanol–water partition coefficient (Wildman–Crippen LogP) is 2.62. The lowest BCUT2D eigenvalue weighted by Gasteiger charge is -2.35. The van der Waals surface area contributed by atoms with Crippen LogP contribution in [0.5, 0.6) is 5.75 Å². The minimum absolute atomic E-state index is 0.00881. The first-order chi connectivity index (χ1) is 15.0. The summed E-state index contributed by atoms with van der Waals surface area (Å²) in [4.78, 5) is 18.6. The number of halogens is 3. The molecule has 166 valence electrons. The molecule has 2 atom stereocenters. The molecule has 3 heterocycles. The largest absolute Gasteiger partial charge is 0.484 e. The smallest absolute Gasteiger partial charge is 0.258 e. The fourth-order valence-corrected chi connectivity index (χ4v) is 3.78. The number of carbonyl (C=O) groups is 1. The van der Waals surface area contributed by atoms with Gasteiger partial charge in [0.25, 0.3) is 5.91 Å². The number of rotatable bonds is 6. The summed E-state index contributed by atoms with van der Waals surface area (Å²) >= 11 is 11.5. The van der Waals surface area contributed by atoms with Crippen molar-refractivity contribution >= 4 is 41.2 Å². The second-order valence-electron chi connectivity index (χ2n) is 7.41. The van der Waals surface area contributed by atoms with E-state index in [1.165, 1.54) is 12.1 Å². The lowest BCUT2D eigenvalue weighted by molar-refractivity contribution is -0.124. The van der Waals surface area contributed by atoms with Gasteiger partial charge in [-0.2, -0.15) is 0 Å². The SMILES string of the molecule is O=C(COc1ccc(Cl)c(F)c1)NC1CCN(C2NN=C(C3CC=C(Cl)C=N3)O2)CC1. The first kappa shape index (κ1) is 21.9. The van der Waals surface area contributed by atoms with Gasteiger partial charge in [0, 0.05) is 31.4 Å². The molecule has 3 aliphatic rings. The van der Waals surface area contributed by atoms with Gasteiger partial charge in [0.05, 0.1) is 10.1 Å². The monoisotopic (exact) mass is 469 g/mol. The van der Waals surface area contributed by atoms with Crippen LogP contribution in [0.3, 0.4) is 0 Å². The van der Waals surface area contributed by atoms with Crippen LogP contribution in [0.4, 0.5) is 4.39 Å². The number of ether oxygens (including phenoxy) is 2. The number of nitrogens with zero attached hydrogens (tertiary/aromatic N) is 3. The third kappa shape index (κ3) is 5.66. The summed E-state index contributed by atoms with van der Waals surface area (Å²) in [5.41, 5.74) is 3.00. The van der Waals surface area contributed by atoms with E-state index in [1.807, 2.05) is 6.08 Å². The van der Waals surface area contributed by atoms with Crippen LogP contribution < -0.4 is 15.5 Å². The highest BCUT2D eigenvalue weighted by atomic mass is 35.5. The Labute approximate surface area is 189 Å². The first-order valence-corrected chi connectivity index (χ1v) is 10.7. The highest BCUT2D eigenvalue weighted by molar-refractivity contribution is 6.39. The summed E-state index contributed by atoms with van der Waals surface area (Å²) in [6.07, 6.45) is 5.33. The zero-order chi connectivity index (χ0) is 21.8. The van der Waals surface area contributed by atoms with Crippen molar-refractivity contribution in [2.45, 2.75) is 37.7 Å². The average Bonchev–Trinajstić information content (AvgIpc) is 3.26. The van der Waals surface area contributed by atoms with E-state index in [2.05, 4.69) is 25.7 Å². The van der Waals surface area contributed by atoms with E-state index in [1.54, 1.807) is 6.21 Å². The van der Waals surface area contributed by atoms with Gasteiger partial charge in [-0.25, -0.2) is 9.29 Å². The van der Waals surface area contributed by atoms with Gasteiger partial charge in [-0.3, -0.25) is 15.2 Å². The van der Waals surface area contributed by atoms with Gasteiger partial charge in [-0.05, 0) is 31.4 Å². The summed E-state index contributed by atoms with van der Waals surface area (Å²) in [5.74, 6) is -0.0333. The molecule has 31 heavy (non-hydrogen) atoms. The number of hydrogen-bond acceptors (Lipinski definition) is 7. The Bertz CT molecular complexity index is 918. The Morgan fingerprint density at radius 2 is 2.16 bits per heavy atom. The Morgan fingerprint density at radius 1 is 1.35 bits per heavy atom. The van der Waals surface area contributed by atoms with Crippen molar-refractivity contribution in [3.05, 3.63) is 40.1 Å². The number of dihydropyridines is 1. The Morgan fingerprint density at radius 3 is 2.87 bits per heavy atom. The van der Waals surface area contributed by atoms with Gasteiger partial charge in [0.1, 0.15) is 17.6 Å². The van der Waals surface area contributed by atoms with Gasteiger partial charge in [-0.1, -0.05) is 29.3 Å². The molecule has 3 aliphatic heterocycles. The van der Waals surface area contributed by atoms with Crippen LogP contribution in [0.2, 0.25) is 5.02 Å². The molecule has 0 saturated carbocycles. The number of carbonyl (C=O) groups excluding carboxylic acids is 1. The molecule has 1 fully saturated rings. The minimum atomic E-state index is -0.586. The number of nitrogens with one attached hydrogen (secondary N) is 2. The molecule has 0 bridgehead atoms. The van der Waals surface area contributed by atoms with E-state index in [4.69, 9.17) is 32.7 Å². The highest BCUT2D eigenvalue weighted by Crippen LogP contribution is 2.21. The van der Waals surface area contributed by atoms with E-state index in [0.717, 1.165) is 32.0 Å². The summed E-state index contributed by atoms with van der Waals surface area (Å²) in [5, 5.41) is 7.85. The second-order valence-corrected chi connectivity index (χ2v) is 8.25. The molecule has 1 amide bonds. The number of likely N-dealkylation sites (tertiary alicyclic amines) is 1. The third-order valence-electron chi connectivity index (χ3n) is 5.20. The van der Waals surface area contributed by atoms with Gasteiger partial charge in [0.2, 0.25) is 12.2 Å². The number of benzene rings is 1. The highest BCUT2D eigenvalue weighted by Gasteiger charge is 2.33. The van der Waals surface area contributed by atoms with Crippen molar-refractivity contribution in [2.75, 3.05) is 19.7 Å². The van der Waals surface area contributed by atoms with Gasteiger partial charge in [-0.15, -0.1) is 5.10 Å². The maximum absolute atomic E-state index is 13.4. The molecule has 4 rings (SSSR count). The molecule has 0 aromatic heterocycles. The summed E-state index contributed by atoms with van der Waals surface area (Å²) < 4.78 is 24.7. The van der Waals surface area contributed by atoms with Crippen molar-refractivity contribution in [3.63, 3.8) is 0 Å². The second kappa shape index (κ2) is 9.84. The zero-order valence-electron chi connectivity index (χ0n) is 16.6. The Balaban J connectivity index is 1.17. The molecule has 2 N–H and O–H groups in total. The van der Waals surface area contributed by atoms with E-state index in [0.29, 0.717) is 17.4 Å². The minimum Gasteiger partial charge on any atom is -0.484 e. The molecule has 11 heteroatoms. The molecule has 0 radical (unpaired) electrons. The molecule has 1 aromatic rings. The van der Waals surface area contributed by atoms with Crippen LogP contribution >= 0.6 is 23.2 Å². The van der Waals surface area contributed by atoms with Crippen molar-refractivity contribution in [1.29, 1.82) is 0 Å². The first-order valence-electron chi connectivity index (χ1n) is 9.98. The number of piperidine rings is 1. The zero-order valence-corrected chi connectivity index (χ0v) is 18.1. The molecule has 1 saturated heterocycles. The topological polar surface area (TPSA) is 87.6 Å². The van der Waals surface area contributed by atoms with Crippen LogP contribution in [-0.2, 0) is 9.53 Å².